The standard InChI is InChI=1S/C12H11ClO3/c13-8-11(14)7-10-3-1-9(2-4-10)5-6-12(15)16/h1-6H,7-8H2,(H,15,16). The van der Waals surface area contributed by atoms with Crippen LogP contribution in [0.1, 0.15) is 11.1 Å². The van der Waals surface area contributed by atoms with Crippen LogP contribution in [0.2, 0.25) is 0 Å². The summed E-state index contributed by atoms with van der Waals surface area (Å²) in [5.74, 6) is -1.00. The number of ketones is 1. The van der Waals surface area contributed by atoms with Gasteiger partial charge in [-0.3, -0.25) is 4.79 Å². The smallest absolute Gasteiger partial charge is 0.328 e. The second-order valence-electron chi connectivity index (χ2n) is 3.26. The number of carbonyl (C=O) groups is 2. The van der Waals surface area contributed by atoms with Gasteiger partial charge in [-0.25, -0.2) is 4.79 Å². The Morgan fingerprint density at radius 2 is 1.88 bits per heavy atom. The number of aliphatic carboxylic acids is 1. The minimum atomic E-state index is -0.985. The molecule has 1 aromatic rings. The van der Waals surface area contributed by atoms with Gasteiger partial charge in [0.2, 0.25) is 0 Å². The number of hydrogen-bond donors (Lipinski definition) is 1. The van der Waals surface area contributed by atoms with Crippen LogP contribution in [0.5, 0.6) is 0 Å². The summed E-state index contributed by atoms with van der Waals surface area (Å²) < 4.78 is 0. The molecule has 0 saturated heterocycles. The topological polar surface area (TPSA) is 54.4 Å². The average molecular weight is 239 g/mol. The van der Waals surface area contributed by atoms with Crippen molar-refractivity contribution in [1.82, 2.24) is 0 Å². The molecule has 4 heteroatoms. The minimum absolute atomic E-state index is 0.0146. The summed E-state index contributed by atoms with van der Waals surface area (Å²) >= 11 is 5.39. The Kier molecular flexibility index (Phi) is 4.73. The van der Waals surface area contributed by atoms with Crippen LogP contribution < -0.4 is 0 Å². The lowest BCUT2D eigenvalue weighted by molar-refractivity contribution is -0.131. The Morgan fingerprint density at radius 3 is 2.38 bits per heavy atom. The van der Waals surface area contributed by atoms with E-state index in [0.29, 0.717) is 6.42 Å². The highest BCUT2D eigenvalue weighted by atomic mass is 35.5. The van der Waals surface area contributed by atoms with Crippen molar-refractivity contribution in [2.45, 2.75) is 6.42 Å². The molecule has 0 radical (unpaired) electrons. The first-order valence-corrected chi connectivity index (χ1v) is 5.23. The number of Topliss-reactive ketones (excluding diaryl/α,β-unsaturated/α-hetero) is 1. The normalized spacial score (nSPS) is 10.6. The van der Waals surface area contributed by atoms with E-state index in [1.54, 1.807) is 24.3 Å². The molecule has 0 aliphatic heterocycles. The van der Waals surface area contributed by atoms with E-state index in [2.05, 4.69) is 0 Å². The fourth-order valence-electron chi connectivity index (χ4n) is 1.19. The number of carbonyl (C=O) groups excluding carboxylic acids is 1. The summed E-state index contributed by atoms with van der Waals surface area (Å²) in [7, 11) is 0. The maximum Gasteiger partial charge on any atom is 0.328 e. The third kappa shape index (κ3) is 4.28. The van der Waals surface area contributed by atoms with Crippen molar-refractivity contribution in [1.29, 1.82) is 0 Å². The van der Waals surface area contributed by atoms with Crippen LogP contribution in [0.15, 0.2) is 30.3 Å². The second kappa shape index (κ2) is 6.08. The lowest BCUT2D eigenvalue weighted by atomic mass is 10.1. The van der Waals surface area contributed by atoms with Gasteiger partial charge < -0.3 is 5.11 Å². The van der Waals surface area contributed by atoms with Crippen LogP contribution in [-0.2, 0) is 16.0 Å². The lowest BCUT2D eigenvalue weighted by Gasteiger charge is -1.99. The minimum Gasteiger partial charge on any atom is -0.478 e. The van der Waals surface area contributed by atoms with Crippen LogP contribution in [0.25, 0.3) is 6.08 Å². The zero-order valence-corrected chi connectivity index (χ0v) is 9.28. The van der Waals surface area contributed by atoms with Crippen LogP contribution in [0.3, 0.4) is 0 Å². The van der Waals surface area contributed by atoms with Crippen molar-refractivity contribution < 1.29 is 14.7 Å². The number of rotatable bonds is 5. The first kappa shape index (κ1) is 12.5. The third-order valence-electron chi connectivity index (χ3n) is 1.95. The molecule has 3 nitrogen and oxygen atoms in total. The largest absolute Gasteiger partial charge is 0.478 e. The van der Waals surface area contributed by atoms with Gasteiger partial charge in [-0.15, -0.1) is 11.6 Å². The summed E-state index contributed by atoms with van der Waals surface area (Å²) in [6, 6.07) is 7.09. The molecule has 0 aliphatic rings. The number of carboxylic acids is 1. The SMILES string of the molecule is O=C(O)C=Cc1ccc(CC(=O)CCl)cc1. The first-order chi connectivity index (χ1) is 7.61. The number of carboxylic acid groups (broad SMARTS) is 1. The summed E-state index contributed by atoms with van der Waals surface area (Å²) in [6.45, 7) is 0. The van der Waals surface area contributed by atoms with Crippen LogP contribution in [0.4, 0.5) is 0 Å². The molecule has 0 aliphatic carbocycles. The lowest BCUT2D eigenvalue weighted by Crippen LogP contribution is -2.03. The summed E-state index contributed by atoms with van der Waals surface area (Å²) in [4.78, 5) is 21.3. The van der Waals surface area contributed by atoms with Gasteiger partial charge in [0.15, 0.2) is 5.78 Å². The molecule has 0 bridgehead atoms. The molecule has 0 atom stereocenters. The van der Waals surface area contributed by atoms with E-state index < -0.39 is 5.97 Å². The van der Waals surface area contributed by atoms with E-state index in [4.69, 9.17) is 16.7 Å². The molecule has 0 amide bonds. The predicted octanol–water partition coefficient (Wildman–Crippen LogP) is 2.13. The van der Waals surface area contributed by atoms with Crippen molar-refractivity contribution in [3.8, 4) is 0 Å². The Hall–Kier alpha value is -1.61. The van der Waals surface area contributed by atoms with Gasteiger partial charge in [-0.1, -0.05) is 24.3 Å². The van der Waals surface area contributed by atoms with Gasteiger partial charge in [0.25, 0.3) is 0 Å². The molecule has 0 aromatic heterocycles. The second-order valence-corrected chi connectivity index (χ2v) is 3.53. The van der Waals surface area contributed by atoms with E-state index in [9.17, 15) is 9.59 Å². The zero-order chi connectivity index (χ0) is 12.0. The van der Waals surface area contributed by atoms with E-state index in [-0.39, 0.29) is 11.7 Å². The Labute approximate surface area is 98.4 Å². The number of alkyl halides is 1. The third-order valence-corrected chi connectivity index (χ3v) is 2.25. The molecule has 0 heterocycles. The molecule has 0 spiro atoms. The quantitative estimate of drug-likeness (QED) is 0.632. The van der Waals surface area contributed by atoms with Crippen molar-refractivity contribution in [2.24, 2.45) is 0 Å². The maximum absolute atomic E-state index is 11.1. The van der Waals surface area contributed by atoms with E-state index >= 15 is 0 Å². The molecular weight excluding hydrogens is 228 g/mol. The van der Waals surface area contributed by atoms with Gasteiger partial charge in [-0.2, -0.15) is 0 Å². The van der Waals surface area contributed by atoms with Gasteiger partial charge in [0.05, 0.1) is 5.88 Å². The van der Waals surface area contributed by atoms with Crippen LogP contribution in [-0.4, -0.2) is 22.7 Å². The molecule has 84 valence electrons. The van der Waals surface area contributed by atoms with Crippen molar-refractivity contribution in [3.05, 3.63) is 41.5 Å². The predicted molar refractivity (Wildman–Crippen MR) is 62.5 cm³/mol. The van der Waals surface area contributed by atoms with E-state index in [1.807, 2.05) is 0 Å². The van der Waals surface area contributed by atoms with Crippen LogP contribution >= 0.6 is 11.6 Å². The summed E-state index contributed by atoms with van der Waals surface area (Å²) in [6.07, 6.45) is 2.88. The highest BCUT2D eigenvalue weighted by Crippen LogP contribution is 2.07. The summed E-state index contributed by atoms with van der Waals surface area (Å²) in [5.41, 5.74) is 1.66. The molecule has 1 aromatic carbocycles. The van der Waals surface area contributed by atoms with E-state index in [1.165, 1.54) is 6.08 Å². The number of halogens is 1. The van der Waals surface area contributed by atoms with Crippen molar-refractivity contribution in [3.63, 3.8) is 0 Å². The van der Waals surface area contributed by atoms with Crippen LogP contribution in [0, 0.1) is 0 Å². The number of hydrogen-bond acceptors (Lipinski definition) is 2. The Morgan fingerprint density at radius 1 is 1.25 bits per heavy atom. The van der Waals surface area contributed by atoms with Crippen molar-refractivity contribution in [2.75, 3.05) is 5.88 Å². The van der Waals surface area contributed by atoms with Crippen molar-refractivity contribution >= 4 is 29.4 Å². The Bertz CT molecular complexity index is 407. The van der Waals surface area contributed by atoms with Gasteiger partial charge >= 0.3 is 5.97 Å². The van der Waals surface area contributed by atoms with E-state index in [0.717, 1.165) is 17.2 Å². The molecule has 0 fully saturated rings. The number of benzene rings is 1. The fourth-order valence-corrected chi connectivity index (χ4v) is 1.28. The average Bonchev–Trinajstić information content (AvgIpc) is 2.28. The molecule has 16 heavy (non-hydrogen) atoms. The molecule has 1 N–H and O–H groups in total. The zero-order valence-electron chi connectivity index (χ0n) is 8.52. The molecule has 1 rings (SSSR count). The van der Waals surface area contributed by atoms with Gasteiger partial charge in [0, 0.05) is 12.5 Å². The highest BCUT2D eigenvalue weighted by molar-refractivity contribution is 6.27. The van der Waals surface area contributed by atoms with Gasteiger partial charge in [0.1, 0.15) is 0 Å². The first-order valence-electron chi connectivity index (χ1n) is 4.69. The Balaban J connectivity index is 2.68. The highest BCUT2D eigenvalue weighted by Gasteiger charge is 2.01. The monoisotopic (exact) mass is 238 g/mol. The van der Waals surface area contributed by atoms with Gasteiger partial charge in [-0.05, 0) is 17.2 Å². The fraction of sp³-hybridized carbons (Fsp3) is 0.167. The summed E-state index contributed by atoms with van der Waals surface area (Å²) in [5, 5.41) is 8.43. The molecule has 0 saturated carbocycles. The molecule has 0 unspecified atom stereocenters. The molecular formula is C12H11ClO3. The maximum atomic E-state index is 11.1.